The summed E-state index contributed by atoms with van der Waals surface area (Å²) in [6.07, 6.45) is 3.65. The molecule has 1 aromatic carbocycles. The van der Waals surface area contributed by atoms with Crippen molar-refractivity contribution < 1.29 is 4.74 Å². The van der Waals surface area contributed by atoms with Crippen molar-refractivity contribution in [3.63, 3.8) is 0 Å². The van der Waals surface area contributed by atoms with Crippen LogP contribution in [0.2, 0.25) is 0 Å². The molecule has 1 aliphatic heterocycles. The second-order valence-electron chi connectivity index (χ2n) is 8.03. The summed E-state index contributed by atoms with van der Waals surface area (Å²) in [7, 11) is 0. The van der Waals surface area contributed by atoms with E-state index in [2.05, 4.69) is 26.3 Å². The van der Waals surface area contributed by atoms with E-state index in [4.69, 9.17) is 9.72 Å². The van der Waals surface area contributed by atoms with E-state index in [1.165, 1.54) is 5.56 Å². The zero-order chi connectivity index (χ0) is 22.1. The van der Waals surface area contributed by atoms with Gasteiger partial charge in [-0.1, -0.05) is 0 Å². The number of pyridine rings is 1. The van der Waals surface area contributed by atoms with Crippen LogP contribution in [0.15, 0.2) is 48.1 Å². The van der Waals surface area contributed by atoms with Crippen molar-refractivity contribution in [1.29, 1.82) is 5.26 Å². The van der Waals surface area contributed by atoms with Crippen LogP contribution in [0.3, 0.4) is 0 Å². The van der Waals surface area contributed by atoms with Crippen molar-refractivity contribution in [1.82, 2.24) is 19.9 Å². The number of aromatic nitrogens is 3. The monoisotopic (exact) mass is 442 g/mol. The van der Waals surface area contributed by atoms with Gasteiger partial charge in [-0.2, -0.15) is 10.2 Å². The lowest BCUT2D eigenvalue weighted by molar-refractivity contribution is 0.152. The molecule has 1 fully saturated rings. The van der Waals surface area contributed by atoms with Gasteiger partial charge in [0.1, 0.15) is 10.4 Å². The lowest BCUT2D eigenvalue weighted by Crippen LogP contribution is -2.54. The Morgan fingerprint density at radius 1 is 1.16 bits per heavy atom. The van der Waals surface area contributed by atoms with E-state index in [1.54, 1.807) is 11.3 Å². The number of fused-ring (bicyclic) bond motifs is 1. The number of nitrogens with one attached hydrogen (secondary N) is 1. The van der Waals surface area contributed by atoms with Gasteiger partial charge in [0.25, 0.3) is 0 Å². The quantitative estimate of drug-likeness (QED) is 0.464. The third-order valence-electron chi connectivity index (χ3n) is 5.51. The van der Waals surface area contributed by atoms with E-state index in [0.717, 1.165) is 46.7 Å². The van der Waals surface area contributed by atoms with E-state index in [1.807, 2.05) is 62.0 Å². The summed E-state index contributed by atoms with van der Waals surface area (Å²) in [5, 5.41) is 14.7. The highest BCUT2D eigenvalue weighted by Gasteiger charge is 2.27. The van der Waals surface area contributed by atoms with Gasteiger partial charge in [-0.15, -0.1) is 11.3 Å². The molecule has 8 heteroatoms. The molecular weight excluding hydrogens is 420 g/mol. The van der Waals surface area contributed by atoms with Crippen LogP contribution in [0.4, 0.5) is 5.95 Å². The Balaban J connectivity index is 1.33. The van der Waals surface area contributed by atoms with Gasteiger partial charge in [0.05, 0.1) is 23.2 Å². The summed E-state index contributed by atoms with van der Waals surface area (Å²) in [5.41, 5.74) is 4.56. The van der Waals surface area contributed by atoms with Crippen LogP contribution in [-0.4, -0.2) is 39.0 Å². The Kier molecular flexibility index (Phi) is 5.43. The average Bonchev–Trinajstić information content (AvgIpc) is 3.24. The van der Waals surface area contributed by atoms with Crippen molar-refractivity contribution in [2.75, 3.05) is 18.4 Å². The van der Waals surface area contributed by atoms with E-state index >= 15 is 0 Å². The van der Waals surface area contributed by atoms with E-state index in [0.29, 0.717) is 23.4 Å². The SMILES string of the molecule is Cc1cc(C#N)cc(C)c1Oc1nc(NC2CN(Cc3ccncc3)C2)nc2ccsc12. The third kappa shape index (κ3) is 4.13. The fourth-order valence-corrected chi connectivity index (χ4v) is 4.72. The molecule has 7 nitrogen and oxygen atoms in total. The molecule has 0 spiro atoms. The number of nitrogens with zero attached hydrogens (tertiary/aromatic N) is 5. The number of anilines is 1. The van der Waals surface area contributed by atoms with Crippen molar-refractivity contribution in [2.24, 2.45) is 0 Å². The lowest BCUT2D eigenvalue weighted by Gasteiger charge is -2.39. The number of hydrogen-bond acceptors (Lipinski definition) is 8. The van der Waals surface area contributed by atoms with Crippen molar-refractivity contribution >= 4 is 27.5 Å². The second-order valence-corrected chi connectivity index (χ2v) is 8.95. The highest BCUT2D eigenvalue weighted by molar-refractivity contribution is 7.17. The number of hydrogen-bond donors (Lipinski definition) is 1. The van der Waals surface area contributed by atoms with Gasteiger partial charge in [-0.3, -0.25) is 9.88 Å². The van der Waals surface area contributed by atoms with Crippen molar-refractivity contribution in [2.45, 2.75) is 26.4 Å². The maximum Gasteiger partial charge on any atom is 0.242 e. The molecule has 0 amide bonds. The molecule has 4 aromatic rings. The van der Waals surface area contributed by atoms with Gasteiger partial charge in [-0.05, 0) is 66.2 Å². The number of likely N-dealkylation sites (tertiary alicyclic amines) is 1. The van der Waals surface area contributed by atoms with Crippen molar-refractivity contribution in [3.05, 3.63) is 70.4 Å². The van der Waals surface area contributed by atoms with Gasteiger partial charge in [0, 0.05) is 32.0 Å². The van der Waals surface area contributed by atoms with E-state index < -0.39 is 0 Å². The van der Waals surface area contributed by atoms with E-state index in [-0.39, 0.29) is 0 Å². The third-order valence-corrected chi connectivity index (χ3v) is 6.40. The fraction of sp³-hybridized carbons (Fsp3) is 0.250. The standard InChI is InChI=1S/C24H22N6OS/c1-15-9-18(11-25)10-16(2)21(15)31-23-22-20(5-8-32-22)28-24(29-23)27-19-13-30(14-19)12-17-3-6-26-7-4-17/h3-10,19H,12-14H2,1-2H3,(H,27,28,29). The molecule has 1 aliphatic rings. The first-order valence-electron chi connectivity index (χ1n) is 10.4. The van der Waals surface area contributed by atoms with Gasteiger partial charge in [0.2, 0.25) is 11.8 Å². The Morgan fingerprint density at radius 3 is 2.62 bits per heavy atom. The number of ether oxygens (including phenoxy) is 1. The van der Waals surface area contributed by atoms with Crippen LogP contribution in [0.25, 0.3) is 10.2 Å². The molecule has 4 heterocycles. The summed E-state index contributed by atoms with van der Waals surface area (Å²) < 4.78 is 7.19. The Labute approximate surface area is 190 Å². The number of aryl methyl sites for hydroxylation is 2. The molecule has 0 unspecified atom stereocenters. The predicted molar refractivity (Wildman–Crippen MR) is 125 cm³/mol. The summed E-state index contributed by atoms with van der Waals surface area (Å²) in [4.78, 5) is 15.8. The number of thiophene rings is 1. The first-order valence-corrected chi connectivity index (χ1v) is 11.3. The highest BCUT2D eigenvalue weighted by atomic mass is 32.1. The molecule has 1 saturated heterocycles. The maximum absolute atomic E-state index is 9.21. The zero-order valence-corrected chi connectivity index (χ0v) is 18.7. The Hall–Kier alpha value is -3.54. The first kappa shape index (κ1) is 20.4. The molecule has 0 saturated carbocycles. The average molecular weight is 443 g/mol. The minimum atomic E-state index is 0.291. The number of benzene rings is 1. The van der Waals surface area contributed by atoms with Crippen LogP contribution >= 0.6 is 11.3 Å². The van der Waals surface area contributed by atoms with Gasteiger partial charge in [0.15, 0.2) is 0 Å². The second kappa shape index (κ2) is 8.54. The molecule has 0 aliphatic carbocycles. The zero-order valence-electron chi connectivity index (χ0n) is 17.9. The molecule has 160 valence electrons. The fourth-order valence-electron chi connectivity index (χ4n) is 3.96. The van der Waals surface area contributed by atoms with Gasteiger partial charge in [-0.25, -0.2) is 4.98 Å². The minimum Gasteiger partial charge on any atom is -0.437 e. The number of rotatable bonds is 6. The molecule has 0 radical (unpaired) electrons. The summed E-state index contributed by atoms with van der Waals surface area (Å²) in [6.45, 7) is 6.66. The normalized spacial score (nSPS) is 14.2. The van der Waals surface area contributed by atoms with Crippen LogP contribution in [0, 0.1) is 25.2 Å². The van der Waals surface area contributed by atoms with Crippen molar-refractivity contribution in [3.8, 4) is 17.7 Å². The van der Waals surface area contributed by atoms with Crippen LogP contribution in [0.1, 0.15) is 22.3 Å². The maximum atomic E-state index is 9.21. The molecule has 3 aromatic heterocycles. The topological polar surface area (TPSA) is 87.0 Å². The summed E-state index contributed by atoms with van der Waals surface area (Å²) >= 11 is 1.56. The largest absolute Gasteiger partial charge is 0.437 e. The Morgan fingerprint density at radius 2 is 1.91 bits per heavy atom. The smallest absolute Gasteiger partial charge is 0.242 e. The predicted octanol–water partition coefficient (Wildman–Crippen LogP) is 4.66. The Bertz CT molecular complexity index is 1280. The molecule has 0 bridgehead atoms. The first-order chi connectivity index (χ1) is 15.6. The molecule has 1 N–H and O–H groups in total. The molecular formula is C24H22N6OS. The lowest BCUT2D eigenvalue weighted by atomic mass is 10.1. The summed E-state index contributed by atoms with van der Waals surface area (Å²) in [6, 6.07) is 12.2. The van der Waals surface area contributed by atoms with Crippen LogP contribution < -0.4 is 10.1 Å². The van der Waals surface area contributed by atoms with Gasteiger partial charge >= 0.3 is 0 Å². The van der Waals surface area contributed by atoms with Gasteiger partial charge < -0.3 is 10.1 Å². The molecule has 5 rings (SSSR count). The van der Waals surface area contributed by atoms with Crippen LogP contribution in [-0.2, 0) is 6.54 Å². The molecule has 0 atom stereocenters. The highest BCUT2D eigenvalue weighted by Crippen LogP contribution is 2.35. The number of nitriles is 1. The van der Waals surface area contributed by atoms with Crippen LogP contribution in [0.5, 0.6) is 11.6 Å². The molecule has 32 heavy (non-hydrogen) atoms. The minimum absolute atomic E-state index is 0.291. The van der Waals surface area contributed by atoms with E-state index in [9.17, 15) is 5.26 Å². The summed E-state index contributed by atoms with van der Waals surface area (Å²) in [5.74, 6) is 1.84.